The molecule has 0 unspecified atom stereocenters. The molecule has 0 atom stereocenters. The van der Waals surface area contributed by atoms with Gasteiger partial charge in [0.2, 0.25) is 12.3 Å². The number of phenolic OH excluding ortho intramolecular Hbond substituents is 1. The lowest BCUT2D eigenvalue weighted by molar-refractivity contribution is -0.125. The van der Waals surface area contributed by atoms with Gasteiger partial charge in [0.15, 0.2) is 11.5 Å². The fourth-order valence-electron chi connectivity index (χ4n) is 3.06. The monoisotopic (exact) mass is 398 g/mol. The van der Waals surface area contributed by atoms with Crippen LogP contribution in [0.1, 0.15) is 37.8 Å². The molecule has 0 bridgehead atoms. The fourth-order valence-corrected chi connectivity index (χ4v) is 3.06. The summed E-state index contributed by atoms with van der Waals surface area (Å²) < 4.78 is 5.82. The third kappa shape index (κ3) is 7.14. The Morgan fingerprint density at radius 2 is 1.69 bits per heavy atom. The van der Waals surface area contributed by atoms with Crippen LogP contribution in [0.15, 0.2) is 42.5 Å². The second-order valence-electron chi connectivity index (χ2n) is 6.92. The van der Waals surface area contributed by atoms with E-state index >= 15 is 0 Å². The van der Waals surface area contributed by atoms with Crippen molar-refractivity contribution in [1.29, 1.82) is 0 Å². The van der Waals surface area contributed by atoms with Gasteiger partial charge >= 0.3 is 0 Å². The Hall–Kier alpha value is -3.02. The topological polar surface area (TPSA) is 87.7 Å². The second-order valence-corrected chi connectivity index (χ2v) is 6.92. The zero-order chi connectivity index (χ0) is 21.1. The highest BCUT2D eigenvalue weighted by molar-refractivity contribution is 5.78. The Balaban J connectivity index is 1.93. The number of benzene rings is 2. The summed E-state index contributed by atoms with van der Waals surface area (Å²) in [5.41, 5.74) is 2.05. The van der Waals surface area contributed by atoms with E-state index in [9.17, 15) is 14.7 Å². The molecule has 0 aliphatic heterocycles. The number of hydrogen-bond acceptors (Lipinski definition) is 4. The molecule has 0 radical (unpaired) electrons. The Kier molecular flexibility index (Phi) is 9.02. The van der Waals surface area contributed by atoms with Gasteiger partial charge in [-0.05, 0) is 61.1 Å². The predicted molar refractivity (Wildman–Crippen MR) is 113 cm³/mol. The lowest BCUT2D eigenvalue weighted by Gasteiger charge is -2.13. The number of carbonyl (C=O) groups excluding carboxylic acids is 2. The minimum Gasteiger partial charge on any atom is -0.504 e. The van der Waals surface area contributed by atoms with E-state index in [0.717, 1.165) is 30.4 Å². The first-order valence-electron chi connectivity index (χ1n) is 10.1. The Morgan fingerprint density at radius 1 is 1.03 bits per heavy atom. The van der Waals surface area contributed by atoms with Gasteiger partial charge in [-0.25, -0.2) is 0 Å². The molecule has 6 nitrogen and oxygen atoms in total. The number of nitrogens with one attached hydrogen (secondary N) is 2. The van der Waals surface area contributed by atoms with Crippen molar-refractivity contribution < 1.29 is 19.4 Å². The van der Waals surface area contributed by atoms with Gasteiger partial charge in [0.25, 0.3) is 0 Å². The van der Waals surface area contributed by atoms with E-state index in [4.69, 9.17) is 4.74 Å². The molecular formula is C23H30N2O4. The number of hydrogen-bond donors (Lipinski definition) is 3. The quantitative estimate of drug-likeness (QED) is 0.377. The van der Waals surface area contributed by atoms with E-state index in [1.807, 2.05) is 44.2 Å². The minimum absolute atomic E-state index is 0.0610. The standard InChI is InChI=1S/C23H30N2O4/c1-3-19(4-2)23(28)25-14-12-18-7-10-21(27)22(15-18)29-20-8-5-17(6-9-20)11-13-24-16-26/h5-10,15-16,19,27H,3-4,11-14H2,1-2H3,(H,24,26)(H,25,28). The molecule has 2 aromatic carbocycles. The third-order valence-electron chi connectivity index (χ3n) is 4.89. The van der Waals surface area contributed by atoms with E-state index in [0.29, 0.717) is 37.4 Å². The van der Waals surface area contributed by atoms with Crippen molar-refractivity contribution in [2.45, 2.75) is 39.5 Å². The number of aromatic hydroxyl groups is 1. The summed E-state index contributed by atoms with van der Waals surface area (Å²) in [6.45, 7) is 5.17. The number of rotatable bonds is 12. The molecule has 0 saturated carbocycles. The Labute approximate surface area is 172 Å². The summed E-state index contributed by atoms with van der Waals surface area (Å²) in [5.74, 6) is 1.21. The van der Waals surface area contributed by atoms with Crippen LogP contribution in [0.4, 0.5) is 0 Å². The summed E-state index contributed by atoms with van der Waals surface area (Å²) in [6.07, 6.45) is 3.76. The van der Waals surface area contributed by atoms with Crippen LogP contribution in [0.2, 0.25) is 0 Å². The molecule has 2 rings (SSSR count). The number of ether oxygens (including phenoxy) is 1. The maximum absolute atomic E-state index is 12.1. The van der Waals surface area contributed by atoms with Crippen LogP contribution in [0.25, 0.3) is 0 Å². The molecule has 2 aromatic rings. The average molecular weight is 399 g/mol. The normalized spacial score (nSPS) is 10.6. The van der Waals surface area contributed by atoms with Crippen LogP contribution in [0, 0.1) is 5.92 Å². The largest absolute Gasteiger partial charge is 0.504 e. The fraction of sp³-hybridized carbons (Fsp3) is 0.391. The maximum atomic E-state index is 12.1. The maximum Gasteiger partial charge on any atom is 0.223 e. The molecule has 3 N–H and O–H groups in total. The van der Waals surface area contributed by atoms with Crippen molar-refractivity contribution in [3.05, 3.63) is 53.6 Å². The molecule has 6 heteroatoms. The van der Waals surface area contributed by atoms with Crippen molar-refractivity contribution in [2.24, 2.45) is 5.92 Å². The number of amides is 2. The number of carbonyl (C=O) groups is 2. The van der Waals surface area contributed by atoms with Crippen LogP contribution in [-0.4, -0.2) is 30.5 Å². The Morgan fingerprint density at radius 3 is 2.34 bits per heavy atom. The molecule has 0 aliphatic rings. The van der Waals surface area contributed by atoms with E-state index < -0.39 is 0 Å². The highest BCUT2D eigenvalue weighted by Gasteiger charge is 2.13. The highest BCUT2D eigenvalue weighted by atomic mass is 16.5. The van der Waals surface area contributed by atoms with E-state index in [-0.39, 0.29) is 17.6 Å². The molecule has 156 valence electrons. The summed E-state index contributed by atoms with van der Waals surface area (Å²) in [7, 11) is 0. The minimum atomic E-state index is 0.0610. The predicted octanol–water partition coefficient (Wildman–Crippen LogP) is 3.57. The van der Waals surface area contributed by atoms with Gasteiger partial charge in [-0.2, -0.15) is 0 Å². The first-order valence-corrected chi connectivity index (χ1v) is 10.1. The first kappa shape index (κ1) is 22.3. The summed E-state index contributed by atoms with van der Waals surface area (Å²) in [6, 6.07) is 12.7. The molecule has 29 heavy (non-hydrogen) atoms. The molecular weight excluding hydrogens is 368 g/mol. The van der Waals surface area contributed by atoms with Crippen molar-refractivity contribution in [3.63, 3.8) is 0 Å². The van der Waals surface area contributed by atoms with Crippen LogP contribution in [0.5, 0.6) is 17.2 Å². The molecule has 0 fully saturated rings. The van der Waals surface area contributed by atoms with Crippen LogP contribution in [0.3, 0.4) is 0 Å². The molecule has 0 aromatic heterocycles. The van der Waals surface area contributed by atoms with Crippen molar-refractivity contribution in [3.8, 4) is 17.2 Å². The lowest BCUT2D eigenvalue weighted by atomic mass is 10.0. The van der Waals surface area contributed by atoms with E-state index in [1.165, 1.54) is 0 Å². The van der Waals surface area contributed by atoms with Crippen molar-refractivity contribution in [1.82, 2.24) is 10.6 Å². The van der Waals surface area contributed by atoms with Gasteiger partial charge in [0.1, 0.15) is 5.75 Å². The SMILES string of the molecule is CCC(CC)C(=O)NCCc1ccc(O)c(Oc2ccc(CCNC=O)cc2)c1. The third-order valence-corrected chi connectivity index (χ3v) is 4.89. The molecule has 0 saturated heterocycles. The van der Waals surface area contributed by atoms with E-state index in [2.05, 4.69) is 10.6 Å². The lowest BCUT2D eigenvalue weighted by Crippen LogP contribution is -2.31. The van der Waals surface area contributed by atoms with Crippen molar-refractivity contribution >= 4 is 12.3 Å². The highest BCUT2D eigenvalue weighted by Crippen LogP contribution is 2.31. The van der Waals surface area contributed by atoms with E-state index in [1.54, 1.807) is 12.1 Å². The smallest absolute Gasteiger partial charge is 0.223 e. The number of phenols is 1. The second kappa shape index (κ2) is 11.7. The van der Waals surface area contributed by atoms with Crippen LogP contribution >= 0.6 is 0 Å². The molecule has 0 aliphatic carbocycles. The summed E-state index contributed by atoms with van der Waals surface area (Å²) in [4.78, 5) is 22.4. The van der Waals surface area contributed by atoms with Crippen LogP contribution in [-0.2, 0) is 22.4 Å². The van der Waals surface area contributed by atoms with Gasteiger partial charge in [-0.3, -0.25) is 9.59 Å². The molecule has 0 spiro atoms. The molecule has 2 amide bonds. The summed E-state index contributed by atoms with van der Waals surface area (Å²) in [5, 5.41) is 15.7. The van der Waals surface area contributed by atoms with Gasteiger partial charge in [0, 0.05) is 19.0 Å². The zero-order valence-corrected chi connectivity index (χ0v) is 17.1. The van der Waals surface area contributed by atoms with Gasteiger partial charge in [0.05, 0.1) is 0 Å². The zero-order valence-electron chi connectivity index (χ0n) is 17.1. The molecule has 0 heterocycles. The Bertz CT molecular complexity index is 786. The summed E-state index contributed by atoms with van der Waals surface area (Å²) >= 11 is 0. The van der Waals surface area contributed by atoms with Crippen LogP contribution < -0.4 is 15.4 Å². The van der Waals surface area contributed by atoms with Gasteiger partial charge in [-0.1, -0.05) is 32.0 Å². The van der Waals surface area contributed by atoms with Crippen molar-refractivity contribution in [2.75, 3.05) is 13.1 Å². The van der Waals surface area contributed by atoms with Gasteiger partial charge in [-0.15, -0.1) is 0 Å². The van der Waals surface area contributed by atoms with Gasteiger partial charge < -0.3 is 20.5 Å². The first-order chi connectivity index (χ1) is 14.1. The average Bonchev–Trinajstić information content (AvgIpc) is 2.73.